The van der Waals surface area contributed by atoms with Gasteiger partial charge in [-0.25, -0.2) is 0 Å². The largest absolute Gasteiger partial charge is 0.416 e. The van der Waals surface area contributed by atoms with E-state index >= 15 is 0 Å². The fourth-order valence-corrected chi connectivity index (χ4v) is 4.35. The summed E-state index contributed by atoms with van der Waals surface area (Å²) in [4.78, 5) is 16.6. The molecule has 2 rings (SSSR count). The van der Waals surface area contributed by atoms with Crippen LogP contribution in [-0.4, -0.2) is 61.6 Å². The lowest BCUT2D eigenvalue weighted by atomic mass is 9.91. The molecule has 33 heavy (non-hydrogen) atoms. The molecule has 0 spiro atoms. The van der Waals surface area contributed by atoms with E-state index < -0.39 is 11.7 Å². The minimum Gasteiger partial charge on any atom is -0.378 e. The summed E-state index contributed by atoms with van der Waals surface area (Å²) in [6.07, 6.45) is 7.25. The van der Waals surface area contributed by atoms with E-state index in [2.05, 4.69) is 18.5 Å². The van der Waals surface area contributed by atoms with Gasteiger partial charge in [-0.2, -0.15) is 13.2 Å². The summed E-state index contributed by atoms with van der Waals surface area (Å²) < 4.78 is 44.2. The molecule has 186 valence electrons. The summed E-state index contributed by atoms with van der Waals surface area (Å²) in [5, 5.41) is 0. The summed E-state index contributed by atoms with van der Waals surface area (Å²) in [5.41, 5.74) is -0.452. The number of alkyl halides is 3. The van der Waals surface area contributed by atoms with E-state index in [4.69, 9.17) is 4.74 Å². The monoisotopic (exact) mass is 468 g/mol. The van der Waals surface area contributed by atoms with Crippen molar-refractivity contribution in [1.82, 2.24) is 9.80 Å². The Labute approximate surface area is 196 Å². The number of amides is 1. The highest BCUT2D eigenvalue weighted by Crippen LogP contribution is 2.30. The summed E-state index contributed by atoms with van der Waals surface area (Å²) in [5.74, 6) is -0.233. The first-order valence-electron chi connectivity index (χ1n) is 12.1. The number of benzene rings is 1. The highest BCUT2D eigenvalue weighted by molar-refractivity contribution is 5.94. The fraction of sp³-hybridized carbons (Fsp3) is 0.654. The van der Waals surface area contributed by atoms with Crippen molar-refractivity contribution in [3.63, 3.8) is 0 Å². The molecule has 0 atom stereocenters. The number of carbonyl (C=O) groups is 1. The highest BCUT2D eigenvalue weighted by Gasteiger charge is 2.31. The van der Waals surface area contributed by atoms with Crippen molar-refractivity contribution < 1.29 is 22.7 Å². The van der Waals surface area contributed by atoms with Crippen LogP contribution in [0.1, 0.15) is 73.7 Å². The number of rotatable bonds is 13. The molecule has 1 aromatic carbocycles. The maximum atomic E-state index is 12.7. The van der Waals surface area contributed by atoms with Crippen LogP contribution in [0.15, 0.2) is 36.9 Å². The van der Waals surface area contributed by atoms with Gasteiger partial charge in [-0.05, 0) is 76.4 Å². The fourth-order valence-electron chi connectivity index (χ4n) is 4.35. The Hall–Kier alpha value is -1.86. The molecule has 1 amide bonds. The van der Waals surface area contributed by atoms with E-state index in [0.29, 0.717) is 0 Å². The third-order valence-corrected chi connectivity index (χ3v) is 6.45. The van der Waals surface area contributed by atoms with E-state index in [1.807, 2.05) is 6.08 Å². The van der Waals surface area contributed by atoms with Crippen LogP contribution in [0.5, 0.6) is 0 Å². The van der Waals surface area contributed by atoms with Gasteiger partial charge in [-0.3, -0.25) is 4.79 Å². The number of unbranched alkanes of at least 4 members (excludes halogenated alkanes) is 4. The molecule has 0 bridgehead atoms. The maximum absolute atomic E-state index is 12.7. The van der Waals surface area contributed by atoms with Crippen molar-refractivity contribution in [1.29, 1.82) is 0 Å². The smallest absolute Gasteiger partial charge is 0.378 e. The zero-order valence-corrected chi connectivity index (χ0v) is 20.1. The molecule has 1 fully saturated rings. The SMILES string of the molecule is C=CCN(C)CCCCCCCOC1CCC(N(C)C(=O)c2ccc(C(F)(F)F)cc2)CC1. The lowest BCUT2D eigenvalue weighted by molar-refractivity contribution is -0.137. The Morgan fingerprint density at radius 2 is 1.64 bits per heavy atom. The van der Waals surface area contributed by atoms with E-state index in [0.717, 1.165) is 63.9 Å². The van der Waals surface area contributed by atoms with Crippen molar-refractivity contribution in [2.45, 2.75) is 76.1 Å². The Bertz CT molecular complexity index is 713. The van der Waals surface area contributed by atoms with Crippen LogP contribution in [0.25, 0.3) is 0 Å². The molecule has 1 aliphatic rings. The van der Waals surface area contributed by atoms with Gasteiger partial charge in [0, 0.05) is 31.8 Å². The topological polar surface area (TPSA) is 32.8 Å². The van der Waals surface area contributed by atoms with Crippen molar-refractivity contribution in [3.05, 3.63) is 48.0 Å². The third kappa shape index (κ3) is 9.49. The van der Waals surface area contributed by atoms with Gasteiger partial charge in [-0.1, -0.05) is 25.3 Å². The van der Waals surface area contributed by atoms with Gasteiger partial charge in [-0.15, -0.1) is 6.58 Å². The zero-order chi connectivity index (χ0) is 24.3. The normalized spacial score (nSPS) is 19.0. The number of likely N-dealkylation sites (N-methyl/N-ethyl adjacent to an activating group) is 1. The Kier molecular flexibility index (Phi) is 11.4. The molecular formula is C26H39F3N2O2. The van der Waals surface area contributed by atoms with Crippen LogP contribution in [0, 0.1) is 0 Å². The van der Waals surface area contributed by atoms with Crippen molar-refractivity contribution >= 4 is 5.91 Å². The van der Waals surface area contributed by atoms with Gasteiger partial charge in [0.25, 0.3) is 5.91 Å². The summed E-state index contributed by atoms with van der Waals surface area (Å²) in [6.45, 7) is 6.59. The molecule has 4 nitrogen and oxygen atoms in total. The minimum absolute atomic E-state index is 0.0962. The summed E-state index contributed by atoms with van der Waals surface area (Å²) in [6, 6.07) is 4.55. The average molecular weight is 469 g/mol. The first kappa shape index (κ1) is 27.4. The van der Waals surface area contributed by atoms with Gasteiger partial charge < -0.3 is 14.5 Å². The lowest BCUT2D eigenvalue weighted by Crippen LogP contribution is -2.40. The van der Waals surface area contributed by atoms with E-state index in [1.54, 1.807) is 11.9 Å². The molecule has 1 aliphatic carbocycles. The van der Waals surface area contributed by atoms with Gasteiger partial charge in [0.2, 0.25) is 0 Å². The Morgan fingerprint density at radius 3 is 2.24 bits per heavy atom. The predicted octanol–water partition coefficient (Wildman–Crippen LogP) is 6.17. The van der Waals surface area contributed by atoms with Crippen LogP contribution >= 0.6 is 0 Å². The second-order valence-electron chi connectivity index (χ2n) is 9.11. The maximum Gasteiger partial charge on any atom is 0.416 e. The minimum atomic E-state index is -4.39. The first-order valence-corrected chi connectivity index (χ1v) is 12.1. The summed E-state index contributed by atoms with van der Waals surface area (Å²) in [7, 11) is 3.85. The van der Waals surface area contributed by atoms with Crippen LogP contribution in [0.4, 0.5) is 13.2 Å². The lowest BCUT2D eigenvalue weighted by Gasteiger charge is -2.34. The van der Waals surface area contributed by atoms with Crippen LogP contribution < -0.4 is 0 Å². The van der Waals surface area contributed by atoms with Crippen molar-refractivity contribution in [2.75, 3.05) is 33.8 Å². The number of halogens is 3. The highest BCUT2D eigenvalue weighted by atomic mass is 19.4. The third-order valence-electron chi connectivity index (χ3n) is 6.45. The van der Waals surface area contributed by atoms with Crippen LogP contribution in [0.2, 0.25) is 0 Å². The summed E-state index contributed by atoms with van der Waals surface area (Å²) >= 11 is 0. The number of nitrogens with zero attached hydrogens (tertiary/aromatic N) is 2. The van der Waals surface area contributed by atoms with Gasteiger partial charge >= 0.3 is 6.18 Å². The molecule has 0 saturated heterocycles. The molecule has 0 aromatic heterocycles. The Balaban J connectivity index is 1.60. The molecule has 0 aliphatic heterocycles. The van der Waals surface area contributed by atoms with Crippen LogP contribution in [0.3, 0.4) is 0 Å². The van der Waals surface area contributed by atoms with Crippen LogP contribution in [-0.2, 0) is 10.9 Å². The van der Waals surface area contributed by atoms with Gasteiger partial charge in [0.1, 0.15) is 0 Å². The first-order chi connectivity index (χ1) is 15.7. The van der Waals surface area contributed by atoms with Gasteiger partial charge in [0.15, 0.2) is 0 Å². The molecule has 1 saturated carbocycles. The van der Waals surface area contributed by atoms with Crippen molar-refractivity contribution in [3.8, 4) is 0 Å². The Morgan fingerprint density at radius 1 is 1.03 bits per heavy atom. The average Bonchev–Trinajstić information content (AvgIpc) is 2.80. The van der Waals surface area contributed by atoms with Crippen molar-refractivity contribution in [2.24, 2.45) is 0 Å². The molecule has 7 heteroatoms. The van der Waals surface area contributed by atoms with Gasteiger partial charge in [0.05, 0.1) is 11.7 Å². The molecule has 0 heterocycles. The molecule has 1 aromatic rings. The zero-order valence-electron chi connectivity index (χ0n) is 20.1. The second kappa shape index (κ2) is 13.8. The predicted molar refractivity (Wildman–Crippen MR) is 126 cm³/mol. The number of hydrogen-bond donors (Lipinski definition) is 0. The molecule has 0 radical (unpaired) electrons. The molecular weight excluding hydrogens is 429 g/mol. The van der Waals surface area contributed by atoms with E-state index in [9.17, 15) is 18.0 Å². The second-order valence-corrected chi connectivity index (χ2v) is 9.11. The van der Waals surface area contributed by atoms with E-state index in [-0.39, 0.29) is 23.6 Å². The molecule has 0 unspecified atom stereocenters. The number of hydrogen-bond acceptors (Lipinski definition) is 3. The standard InChI is InChI=1S/C26H39F3N2O2/c1-4-18-30(2)19-8-6-5-7-9-20-33-24-16-14-23(15-17-24)31(3)25(32)21-10-12-22(13-11-21)26(27,28)29/h4,10-13,23-24H,1,5-9,14-20H2,2-3H3. The van der Waals surface area contributed by atoms with E-state index in [1.165, 1.54) is 37.8 Å². The number of carbonyl (C=O) groups excluding carboxylic acids is 1. The molecule has 0 N–H and O–H groups in total. The quantitative estimate of drug-likeness (QED) is 0.256. The number of ether oxygens (including phenoxy) is 1.